The predicted molar refractivity (Wildman–Crippen MR) is 158 cm³/mol. The molecule has 11 heteroatoms. The molecule has 1 unspecified atom stereocenters. The van der Waals surface area contributed by atoms with Crippen LogP contribution < -0.4 is 10.0 Å². The smallest absolute Gasteiger partial charge is 0.280 e. The normalized spacial score (nSPS) is 16.8. The highest BCUT2D eigenvalue weighted by molar-refractivity contribution is 7.89. The maximum absolute atomic E-state index is 13.8. The van der Waals surface area contributed by atoms with Gasteiger partial charge in [0.2, 0.25) is 10.0 Å². The summed E-state index contributed by atoms with van der Waals surface area (Å²) in [5.41, 5.74) is -0.997. The van der Waals surface area contributed by atoms with Crippen molar-refractivity contribution in [2.24, 2.45) is 5.92 Å². The van der Waals surface area contributed by atoms with Crippen LogP contribution >= 0.6 is 11.3 Å². The topological polar surface area (TPSA) is 129 Å². The highest BCUT2D eigenvalue weighted by Gasteiger charge is 2.31. The minimum atomic E-state index is -3.85. The van der Waals surface area contributed by atoms with Crippen LogP contribution in [0.3, 0.4) is 0 Å². The van der Waals surface area contributed by atoms with Crippen molar-refractivity contribution in [3.63, 3.8) is 0 Å². The lowest BCUT2D eigenvalue weighted by Crippen LogP contribution is -2.40. The summed E-state index contributed by atoms with van der Waals surface area (Å²) in [6.45, 7) is 11.8. The van der Waals surface area contributed by atoms with Crippen molar-refractivity contribution in [2.45, 2.75) is 70.4 Å². The number of rotatable bonds is 7. The first-order valence-electron chi connectivity index (χ1n) is 13.4. The minimum absolute atomic E-state index is 0.0178. The molecule has 0 aliphatic carbocycles. The fourth-order valence-electron chi connectivity index (χ4n) is 4.80. The van der Waals surface area contributed by atoms with E-state index in [-0.39, 0.29) is 28.0 Å². The molecule has 2 aromatic carbocycles. The van der Waals surface area contributed by atoms with Gasteiger partial charge in [0.25, 0.3) is 11.8 Å². The lowest BCUT2D eigenvalue weighted by molar-refractivity contribution is 0.0675. The Bertz CT molecular complexity index is 1530. The summed E-state index contributed by atoms with van der Waals surface area (Å²) in [5, 5.41) is 14.0. The van der Waals surface area contributed by atoms with Crippen molar-refractivity contribution in [2.75, 3.05) is 19.6 Å². The van der Waals surface area contributed by atoms with Crippen molar-refractivity contribution in [1.82, 2.24) is 19.9 Å². The van der Waals surface area contributed by atoms with E-state index in [4.69, 9.17) is 0 Å². The summed E-state index contributed by atoms with van der Waals surface area (Å²) < 4.78 is 29.3. The van der Waals surface area contributed by atoms with Gasteiger partial charge in [-0.05, 0) is 64.8 Å². The Labute approximate surface area is 240 Å². The van der Waals surface area contributed by atoms with Gasteiger partial charge in [0.05, 0.1) is 15.4 Å². The van der Waals surface area contributed by atoms with Crippen molar-refractivity contribution in [3.05, 3.63) is 47.1 Å². The largest absolute Gasteiger partial charge is 0.389 e. The van der Waals surface area contributed by atoms with Gasteiger partial charge in [0.15, 0.2) is 5.01 Å². The number of nitrogens with zero attached hydrogens (tertiary/aromatic N) is 2. The predicted octanol–water partition coefficient (Wildman–Crippen LogP) is 4.41. The second-order valence-corrected chi connectivity index (χ2v) is 14.9. The number of benzene rings is 2. The number of sulfonamides is 1. The molecule has 0 bridgehead atoms. The number of thiazole rings is 1. The van der Waals surface area contributed by atoms with Gasteiger partial charge in [-0.25, -0.2) is 18.1 Å². The molecule has 1 aromatic heterocycles. The zero-order chi connectivity index (χ0) is 29.5. The highest BCUT2D eigenvalue weighted by Crippen LogP contribution is 2.39. The first-order valence-corrected chi connectivity index (χ1v) is 15.7. The van der Waals surface area contributed by atoms with Gasteiger partial charge in [0.1, 0.15) is 5.69 Å². The van der Waals surface area contributed by atoms with E-state index < -0.39 is 27.1 Å². The molecule has 1 saturated heterocycles. The van der Waals surface area contributed by atoms with E-state index in [1.54, 1.807) is 57.7 Å². The van der Waals surface area contributed by atoms with Crippen molar-refractivity contribution in [1.29, 1.82) is 0 Å². The SMILES string of the molecule is CC1CCCN(C(=O)c2nc(C(=O)NCC(C)(C)O)sc2-c2ccc(S(=O)(=O)NC(C)(C)C)c3ccccc23)C1. The van der Waals surface area contributed by atoms with E-state index >= 15 is 0 Å². The molecule has 40 heavy (non-hydrogen) atoms. The fraction of sp³-hybridized carbons (Fsp3) is 0.483. The second kappa shape index (κ2) is 11.2. The summed E-state index contributed by atoms with van der Waals surface area (Å²) in [6.07, 6.45) is 1.93. The number of hydrogen-bond acceptors (Lipinski definition) is 7. The van der Waals surface area contributed by atoms with Gasteiger partial charge in [-0.1, -0.05) is 37.3 Å². The van der Waals surface area contributed by atoms with Gasteiger partial charge in [-0.2, -0.15) is 0 Å². The molecule has 4 rings (SSSR count). The molecule has 0 spiro atoms. The lowest BCUT2D eigenvalue weighted by Gasteiger charge is -2.30. The molecule has 2 heterocycles. The fourth-order valence-corrected chi connectivity index (χ4v) is 7.45. The molecular weight excluding hydrogens is 548 g/mol. The summed E-state index contributed by atoms with van der Waals surface area (Å²) >= 11 is 1.09. The second-order valence-electron chi connectivity index (χ2n) is 12.2. The number of carbonyl (C=O) groups is 2. The number of piperidine rings is 1. The average Bonchev–Trinajstić information content (AvgIpc) is 3.29. The van der Waals surface area contributed by atoms with Gasteiger partial charge < -0.3 is 15.3 Å². The third-order valence-corrected chi connectivity index (χ3v) is 9.41. The quantitative estimate of drug-likeness (QED) is 0.376. The van der Waals surface area contributed by atoms with Crippen LogP contribution in [0.5, 0.6) is 0 Å². The summed E-state index contributed by atoms with van der Waals surface area (Å²) in [7, 11) is -3.85. The molecule has 1 fully saturated rings. The summed E-state index contributed by atoms with van der Waals surface area (Å²) in [4.78, 5) is 33.8. The van der Waals surface area contributed by atoms with Crippen molar-refractivity contribution >= 4 is 43.9 Å². The molecule has 1 aliphatic rings. The number of aromatic nitrogens is 1. The molecule has 3 aromatic rings. The van der Waals surface area contributed by atoms with Crippen LogP contribution in [0.1, 0.15) is 74.7 Å². The van der Waals surface area contributed by atoms with Crippen molar-refractivity contribution < 1.29 is 23.1 Å². The van der Waals surface area contributed by atoms with E-state index in [9.17, 15) is 23.1 Å². The van der Waals surface area contributed by atoms with Gasteiger partial charge >= 0.3 is 0 Å². The Kier molecular flexibility index (Phi) is 8.43. The number of nitrogens with one attached hydrogen (secondary N) is 2. The molecule has 2 amide bonds. The van der Waals surface area contributed by atoms with Crippen LogP contribution in [0.25, 0.3) is 21.2 Å². The van der Waals surface area contributed by atoms with Crippen LogP contribution in [0.4, 0.5) is 0 Å². The van der Waals surface area contributed by atoms with E-state index in [2.05, 4.69) is 21.9 Å². The number of aliphatic hydroxyl groups is 1. The summed E-state index contributed by atoms with van der Waals surface area (Å²) in [5.74, 6) is -0.387. The first-order chi connectivity index (χ1) is 18.6. The monoisotopic (exact) mass is 586 g/mol. The third kappa shape index (κ3) is 6.88. The summed E-state index contributed by atoms with van der Waals surface area (Å²) in [6, 6.07) is 10.3. The lowest BCUT2D eigenvalue weighted by atomic mass is 9.99. The Morgan fingerprint density at radius 2 is 1.77 bits per heavy atom. The molecule has 1 aliphatic heterocycles. The Morgan fingerprint density at radius 1 is 1.10 bits per heavy atom. The van der Waals surface area contributed by atoms with E-state index in [1.807, 2.05) is 12.1 Å². The molecule has 0 radical (unpaired) electrons. The van der Waals surface area contributed by atoms with E-state index in [0.29, 0.717) is 40.2 Å². The van der Waals surface area contributed by atoms with Crippen LogP contribution in [-0.2, 0) is 10.0 Å². The average molecular weight is 587 g/mol. The van der Waals surface area contributed by atoms with Gasteiger partial charge in [-0.15, -0.1) is 11.3 Å². The Morgan fingerprint density at radius 3 is 2.40 bits per heavy atom. The van der Waals surface area contributed by atoms with E-state index in [0.717, 1.165) is 24.2 Å². The number of amides is 2. The van der Waals surface area contributed by atoms with Crippen LogP contribution in [0.2, 0.25) is 0 Å². The minimum Gasteiger partial charge on any atom is -0.389 e. The maximum Gasteiger partial charge on any atom is 0.280 e. The highest BCUT2D eigenvalue weighted by atomic mass is 32.2. The van der Waals surface area contributed by atoms with Crippen LogP contribution in [0, 0.1) is 5.92 Å². The Balaban J connectivity index is 1.86. The third-order valence-electron chi connectivity index (χ3n) is 6.51. The van der Waals surface area contributed by atoms with Gasteiger partial charge in [0, 0.05) is 36.1 Å². The molecule has 9 nitrogen and oxygen atoms in total. The van der Waals surface area contributed by atoms with Crippen LogP contribution in [-0.4, -0.2) is 66.0 Å². The molecule has 3 N–H and O–H groups in total. The van der Waals surface area contributed by atoms with Gasteiger partial charge in [-0.3, -0.25) is 9.59 Å². The standard InChI is InChI=1S/C29H38N4O5S2/c1-18-10-9-15-33(16-18)27(35)23-24(39-26(31-23)25(34)30-17-29(5,6)36)21-13-14-22(20-12-8-7-11-19(20)21)40(37,38)32-28(2,3)4/h7-8,11-14,18,32,36H,9-10,15-17H2,1-6H3,(H,30,34). The zero-order valence-corrected chi connectivity index (χ0v) is 25.5. The number of likely N-dealkylation sites (tertiary alicyclic amines) is 1. The maximum atomic E-state index is 13.8. The number of fused-ring (bicyclic) bond motifs is 1. The molecule has 1 atom stereocenters. The van der Waals surface area contributed by atoms with Crippen molar-refractivity contribution in [3.8, 4) is 10.4 Å². The zero-order valence-electron chi connectivity index (χ0n) is 23.9. The molecular formula is C29H38N4O5S2. The Hall–Kier alpha value is -2.86. The van der Waals surface area contributed by atoms with Crippen LogP contribution in [0.15, 0.2) is 41.3 Å². The number of hydrogen-bond donors (Lipinski definition) is 3. The molecule has 216 valence electrons. The van der Waals surface area contributed by atoms with E-state index in [1.165, 1.54) is 6.07 Å². The molecule has 0 saturated carbocycles. The number of carbonyl (C=O) groups excluding carboxylic acids is 2. The first kappa shape index (κ1) is 30.1.